The smallest absolute Gasteiger partial charge is 0.273 e. The number of hydrogen-bond donors (Lipinski definition) is 2. The van der Waals surface area contributed by atoms with Gasteiger partial charge in [0.15, 0.2) is 0 Å². The molecule has 0 aliphatic carbocycles. The third-order valence-electron chi connectivity index (χ3n) is 4.25. The summed E-state index contributed by atoms with van der Waals surface area (Å²) >= 11 is 1.56. The van der Waals surface area contributed by atoms with Crippen LogP contribution in [-0.2, 0) is 0 Å². The molecule has 0 aromatic carbocycles. The zero-order valence-electron chi connectivity index (χ0n) is 15.3. The lowest BCUT2D eigenvalue weighted by Crippen LogP contribution is -2.41. The highest BCUT2D eigenvalue weighted by molar-refractivity contribution is 7.15. The Morgan fingerprint density at radius 2 is 1.79 bits per heavy atom. The Kier molecular flexibility index (Phi) is 4.44. The molecule has 4 heterocycles. The Bertz CT molecular complexity index is 1200. The molecular formula is C19H16N4O4S. The molecule has 4 aromatic heterocycles. The van der Waals surface area contributed by atoms with Crippen LogP contribution in [0.2, 0.25) is 0 Å². The van der Waals surface area contributed by atoms with Gasteiger partial charge < -0.3 is 8.94 Å². The molecule has 0 unspecified atom stereocenters. The van der Waals surface area contributed by atoms with Crippen molar-refractivity contribution in [1.29, 1.82) is 0 Å². The standard InChI is InChI=1S/C19H16N4O4S/c1-9-4-5-15(28-9)14-8-13(16-10(2)23-27-19(16)20-14)18(25)22-21-17(24)12-6-7-26-11(12)3/h4-8H,1-3H3,(H,21,24)(H,22,25). The number of fused-ring (bicyclic) bond motifs is 1. The van der Waals surface area contributed by atoms with Crippen molar-refractivity contribution in [3.8, 4) is 10.6 Å². The summed E-state index contributed by atoms with van der Waals surface area (Å²) in [5, 5.41) is 4.42. The number of furan rings is 1. The van der Waals surface area contributed by atoms with Gasteiger partial charge in [0, 0.05) is 4.88 Å². The molecule has 28 heavy (non-hydrogen) atoms. The number of carbonyl (C=O) groups is 2. The number of carbonyl (C=O) groups excluding carboxylic acids is 2. The van der Waals surface area contributed by atoms with Gasteiger partial charge in [0.2, 0.25) is 0 Å². The van der Waals surface area contributed by atoms with E-state index < -0.39 is 11.8 Å². The number of hydrazine groups is 1. The second kappa shape index (κ2) is 6.93. The Labute approximate surface area is 163 Å². The fourth-order valence-electron chi connectivity index (χ4n) is 2.84. The quantitative estimate of drug-likeness (QED) is 0.513. The van der Waals surface area contributed by atoms with E-state index in [0.717, 1.165) is 9.75 Å². The summed E-state index contributed by atoms with van der Waals surface area (Å²) in [4.78, 5) is 31.5. The van der Waals surface area contributed by atoms with Crippen LogP contribution in [0.4, 0.5) is 0 Å². The van der Waals surface area contributed by atoms with Gasteiger partial charge in [0.25, 0.3) is 17.5 Å². The highest BCUT2D eigenvalue weighted by Gasteiger charge is 2.21. The lowest BCUT2D eigenvalue weighted by molar-refractivity contribution is 0.0846. The van der Waals surface area contributed by atoms with Crippen molar-refractivity contribution in [2.24, 2.45) is 0 Å². The molecule has 2 N–H and O–H groups in total. The molecular weight excluding hydrogens is 380 g/mol. The summed E-state index contributed by atoms with van der Waals surface area (Å²) in [7, 11) is 0. The van der Waals surface area contributed by atoms with E-state index in [1.807, 2.05) is 19.1 Å². The Hall–Kier alpha value is -3.46. The maximum atomic E-state index is 12.8. The number of hydrogen-bond acceptors (Lipinski definition) is 7. The SMILES string of the molecule is Cc1ccc(-c2cc(C(=O)NNC(=O)c3ccoc3C)c3c(C)noc3n2)s1. The molecule has 0 saturated carbocycles. The fraction of sp³-hybridized carbons (Fsp3) is 0.158. The van der Waals surface area contributed by atoms with E-state index in [4.69, 9.17) is 8.94 Å². The number of rotatable bonds is 3. The molecule has 9 heteroatoms. The summed E-state index contributed by atoms with van der Waals surface area (Å²) in [6.45, 7) is 5.39. The van der Waals surface area contributed by atoms with Gasteiger partial charge in [-0.15, -0.1) is 11.3 Å². The van der Waals surface area contributed by atoms with Gasteiger partial charge in [-0.2, -0.15) is 0 Å². The average Bonchev–Trinajstić information content (AvgIpc) is 3.39. The first-order chi connectivity index (χ1) is 13.4. The highest BCUT2D eigenvalue weighted by Crippen LogP contribution is 2.30. The third-order valence-corrected chi connectivity index (χ3v) is 5.27. The molecule has 0 atom stereocenters. The molecule has 4 rings (SSSR count). The first kappa shape index (κ1) is 17.9. The van der Waals surface area contributed by atoms with Crippen LogP contribution in [-0.4, -0.2) is 22.0 Å². The van der Waals surface area contributed by atoms with Crippen molar-refractivity contribution < 1.29 is 18.5 Å². The van der Waals surface area contributed by atoms with Crippen LogP contribution in [0.15, 0.2) is 39.5 Å². The lowest BCUT2D eigenvalue weighted by atomic mass is 10.1. The van der Waals surface area contributed by atoms with Gasteiger partial charge in [0.1, 0.15) is 5.76 Å². The summed E-state index contributed by atoms with van der Waals surface area (Å²) < 4.78 is 10.4. The number of aryl methyl sites for hydroxylation is 3. The number of amides is 2. The van der Waals surface area contributed by atoms with Gasteiger partial charge in [-0.25, -0.2) is 4.98 Å². The molecule has 4 aromatic rings. The van der Waals surface area contributed by atoms with Gasteiger partial charge in [-0.3, -0.25) is 20.4 Å². The minimum atomic E-state index is -0.497. The molecule has 0 aliphatic heterocycles. The van der Waals surface area contributed by atoms with E-state index in [1.54, 1.807) is 31.3 Å². The summed E-state index contributed by atoms with van der Waals surface area (Å²) in [5.74, 6) is -0.507. The molecule has 8 nitrogen and oxygen atoms in total. The Morgan fingerprint density at radius 3 is 2.43 bits per heavy atom. The average molecular weight is 396 g/mol. The van der Waals surface area contributed by atoms with Crippen LogP contribution >= 0.6 is 11.3 Å². The first-order valence-electron chi connectivity index (χ1n) is 8.42. The van der Waals surface area contributed by atoms with Crippen LogP contribution in [0.1, 0.15) is 37.0 Å². The van der Waals surface area contributed by atoms with Crippen LogP contribution in [0, 0.1) is 20.8 Å². The topological polar surface area (TPSA) is 110 Å². The van der Waals surface area contributed by atoms with Gasteiger partial charge in [-0.05, 0) is 45.0 Å². The van der Waals surface area contributed by atoms with Crippen LogP contribution < -0.4 is 10.9 Å². The molecule has 2 amide bonds. The van der Waals surface area contributed by atoms with Gasteiger partial charge in [0.05, 0.1) is 39.0 Å². The monoisotopic (exact) mass is 396 g/mol. The summed E-state index contributed by atoms with van der Waals surface area (Å²) in [6.07, 6.45) is 1.41. The fourth-order valence-corrected chi connectivity index (χ4v) is 3.67. The zero-order chi connectivity index (χ0) is 19.8. The van der Waals surface area contributed by atoms with Crippen LogP contribution in [0.5, 0.6) is 0 Å². The highest BCUT2D eigenvalue weighted by atomic mass is 32.1. The van der Waals surface area contributed by atoms with Crippen LogP contribution in [0.25, 0.3) is 21.7 Å². The maximum Gasteiger partial charge on any atom is 0.273 e. The second-order valence-electron chi connectivity index (χ2n) is 6.21. The van der Waals surface area contributed by atoms with E-state index in [1.165, 1.54) is 12.3 Å². The van der Waals surface area contributed by atoms with Gasteiger partial charge >= 0.3 is 0 Å². The molecule has 0 aliphatic rings. The molecule has 0 bridgehead atoms. The number of nitrogens with zero attached hydrogens (tertiary/aromatic N) is 2. The van der Waals surface area contributed by atoms with Crippen molar-refractivity contribution in [2.75, 3.05) is 0 Å². The van der Waals surface area contributed by atoms with Gasteiger partial charge in [-0.1, -0.05) is 5.16 Å². The van der Waals surface area contributed by atoms with E-state index in [-0.39, 0.29) is 5.71 Å². The van der Waals surface area contributed by atoms with E-state index in [9.17, 15) is 9.59 Å². The van der Waals surface area contributed by atoms with Crippen molar-refractivity contribution in [2.45, 2.75) is 20.8 Å². The number of nitrogens with one attached hydrogen (secondary N) is 2. The third kappa shape index (κ3) is 3.16. The largest absolute Gasteiger partial charge is 0.469 e. The number of thiophene rings is 1. The van der Waals surface area contributed by atoms with Crippen molar-refractivity contribution >= 4 is 34.3 Å². The number of aromatic nitrogens is 2. The first-order valence-corrected chi connectivity index (χ1v) is 9.24. The normalized spacial score (nSPS) is 11.0. The van der Waals surface area contributed by atoms with Crippen molar-refractivity contribution in [1.82, 2.24) is 21.0 Å². The molecule has 0 spiro atoms. The Morgan fingerprint density at radius 1 is 1.04 bits per heavy atom. The zero-order valence-corrected chi connectivity index (χ0v) is 16.1. The minimum Gasteiger partial charge on any atom is -0.469 e. The summed E-state index contributed by atoms with van der Waals surface area (Å²) in [6, 6.07) is 7.11. The molecule has 0 fully saturated rings. The minimum absolute atomic E-state index is 0.267. The van der Waals surface area contributed by atoms with E-state index >= 15 is 0 Å². The summed E-state index contributed by atoms with van der Waals surface area (Å²) in [5.41, 5.74) is 6.90. The molecule has 0 saturated heterocycles. The molecule has 0 radical (unpaired) electrons. The molecule has 142 valence electrons. The lowest BCUT2D eigenvalue weighted by Gasteiger charge is -2.08. The second-order valence-corrected chi connectivity index (χ2v) is 7.50. The number of pyridine rings is 1. The van der Waals surface area contributed by atoms with Crippen LogP contribution in [0.3, 0.4) is 0 Å². The predicted octanol–water partition coefficient (Wildman–Crippen LogP) is 3.54. The van der Waals surface area contributed by atoms with Crippen molar-refractivity contribution in [3.63, 3.8) is 0 Å². The van der Waals surface area contributed by atoms with Crippen molar-refractivity contribution in [3.05, 3.63) is 58.0 Å². The van der Waals surface area contributed by atoms with E-state index in [0.29, 0.717) is 33.7 Å². The Balaban J connectivity index is 1.66. The predicted molar refractivity (Wildman–Crippen MR) is 103 cm³/mol. The maximum absolute atomic E-state index is 12.8. The van der Waals surface area contributed by atoms with E-state index in [2.05, 4.69) is 21.0 Å².